The van der Waals surface area contributed by atoms with Crippen molar-refractivity contribution in [1.29, 1.82) is 0 Å². The smallest absolute Gasteiger partial charge is 0.225 e. The van der Waals surface area contributed by atoms with Crippen LogP contribution >= 0.6 is 0 Å². The number of nitrogens with one attached hydrogen (secondary N) is 1. The molecule has 21 heavy (non-hydrogen) atoms. The fraction of sp³-hybridized carbons (Fsp3) is 0.688. The highest BCUT2D eigenvalue weighted by Crippen LogP contribution is 2.30. The first kappa shape index (κ1) is 14.3. The summed E-state index contributed by atoms with van der Waals surface area (Å²) in [5.74, 6) is 1.24. The summed E-state index contributed by atoms with van der Waals surface area (Å²) >= 11 is 0. The Labute approximate surface area is 126 Å². The van der Waals surface area contributed by atoms with E-state index < -0.39 is 0 Å². The summed E-state index contributed by atoms with van der Waals surface area (Å²) < 4.78 is 0. The van der Waals surface area contributed by atoms with E-state index in [1.54, 1.807) is 0 Å². The van der Waals surface area contributed by atoms with Gasteiger partial charge in [0, 0.05) is 36.9 Å². The van der Waals surface area contributed by atoms with Crippen LogP contribution in [0.4, 0.5) is 5.95 Å². The molecule has 114 valence electrons. The Morgan fingerprint density at radius 1 is 1.29 bits per heavy atom. The number of aromatic nitrogens is 2. The molecule has 0 radical (unpaired) electrons. The maximum atomic E-state index is 12.4. The summed E-state index contributed by atoms with van der Waals surface area (Å²) in [4.78, 5) is 23.3. The second-order valence-electron chi connectivity index (χ2n) is 6.35. The van der Waals surface area contributed by atoms with Crippen LogP contribution in [-0.4, -0.2) is 39.9 Å². The van der Waals surface area contributed by atoms with E-state index >= 15 is 0 Å². The van der Waals surface area contributed by atoms with Gasteiger partial charge in [0.2, 0.25) is 11.9 Å². The zero-order valence-electron chi connectivity index (χ0n) is 12.9. The van der Waals surface area contributed by atoms with Gasteiger partial charge < -0.3 is 10.2 Å². The van der Waals surface area contributed by atoms with E-state index in [1.807, 2.05) is 24.9 Å². The zero-order valence-corrected chi connectivity index (χ0v) is 12.9. The quantitative estimate of drug-likeness (QED) is 0.927. The van der Waals surface area contributed by atoms with Crippen molar-refractivity contribution >= 4 is 11.9 Å². The Bertz CT molecular complexity index is 525. The maximum absolute atomic E-state index is 12.4. The standard InChI is InChI=1S/C16H24N4O/c1-11-10-17-16(18-12(11)2)19-14-6-5-13(9-14)15(21)20-7-3-4-8-20/h10,13-14H,3-9H2,1-2H3,(H,17,18,19)/t13-,14+/m1/s1. The minimum atomic E-state index is 0.187. The normalized spacial score (nSPS) is 25.3. The Balaban J connectivity index is 1.56. The predicted molar refractivity (Wildman–Crippen MR) is 82.1 cm³/mol. The molecule has 3 rings (SSSR count). The van der Waals surface area contributed by atoms with Crippen LogP contribution in [0.15, 0.2) is 6.20 Å². The molecule has 0 unspecified atom stereocenters. The third kappa shape index (κ3) is 3.17. The van der Waals surface area contributed by atoms with E-state index in [9.17, 15) is 4.79 Å². The topological polar surface area (TPSA) is 58.1 Å². The molecule has 2 aliphatic rings. The van der Waals surface area contributed by atoms with Crippen molar-refractivity contribution in [2.45, 2.75) is 52.0 Å². The maximum Gasteiger partial charge on any atom is 0.225 e. The Morgan fingerprint density at radius 3 is 2.76 bits per heavy atom. The first-order valence-electron chi connectivity index (χ1n) is 7.99. The molecule has 1 aromatic heterocycles. The average Bonchev–Trinajstić information content (AvgIpc) is 3.13. The van der Waals surface area contributed by atoms with Crippen LogP contribution in [0.25, 0.3) is 0 Å². The molecule has 1 amide bonds. The lowest BCUT2D eigenvalue weighted by Crippen LogP contribution is -2.33. The number of rotatable bonds is 3. The Hall–Kier alpha value is -1.65. The van der Waals surface area contributed by atoms with Crippen molar-refractivity contribution in [3.05, 3.63) is 17.5 Å². The lowest BCUT2D eigenvalue weighted by molar-refractivity contribution is -0.134. The summed E-state index contributed by atoms with van der Waals surface area (Å²) in [5.41, 5.74) is 2.12. The van der Waals surface area contributed by atoms with Crippen LogP contribution < -0.4 is 5.32 Å². The molecule has 0 spiro atoms. The average molecular weight is 288 g/mol. The number of carbonyl (C=O) groups is 1. The van der Waals surface area contributed by atoms with Gasteiger partial charge in [-0.25, -0.2) is 9.97 Å². The molecule has 2 atom stereocenters. The summed E-state index contributed by atoms with van der Waals surface area (Å²) in [7, 11) is 0. The lowest BCUT2D eigenvalue weighted by Gasteiger charge is -2.20. The van der Waals surface area contributed by atoms with Crippen LogP contribution in [0.5, 0.6) is 0 Å². The highest BCUT2D eigenvalue weighted by molar-refractivity contribution is 5.79. The van der Waals surface area contributed by atoms with Gasteiger partial charge in [0.15, 0.2) is 0 Å². The van der Waals surface area contributed by atoms with E-state index in [0.29, 0.717) is 17.9 Å². The Morgan fingerprint density at radius 2 is 2.05 bits per heavy atom. The second kappa shape index (κ2) is 6.00. The molecule has 1 aromatic rings. The molecule has 0 aromatic carbocycles. The zero-order chi connectivity index (χ0) is 14.8. The van der Waals surface area contributed by atoms with Crippen molar-refractivity contribution in [1.82, 2.24) is 14.9 Å². The number of hydrogen-bond acceptors (Lipinski definition) is 4. The van der Waals surface area contributed by atoms with Gasteiger partial charge in [0.05, 0.1) is 0 Å². The summed E-state index contributed by atoms with van der Waals surface area (Å²) in [6, 6.07) is 0.323. The molecule has 0 bridgehead atoms. The van der Waals surface area contributed by atoms with Crippen molar-refractivity contribution in [2.24, 2.45) is 5.92 Å². The summed E-state index contributed by atoms with van der Waals surface area (Å²) in [6.45, 7) is 5.91. The lowest BCUT2D eigenvalue weighted by atomic mass is 10.1. The van der Waals surface area contributed by atoms with Crippen LogP contribution in [0.2, 0.25) is 0 Å². The SMILES string of the molecule is Cc1cnc(N[C@H]2CC[C@@H](C(=O)N3CCCC3)C2)nc1C. The third-order valence-electron chi connectivity index (χ3n) is 4.76. The monoisotopic (exact) mass is 288 g/mol. The number of hydrogen-bond donors (Lipinski definition) is 1. The number of amides is 1. The first-order chi connectivity index (χ1) is 10.1. The first-order valence-corrected chi connectivity index (χ1v) is 7.99. The van der Waals surface area contributed by atoms with Crippen molar-refractivity contribution in [3.8, 4) is 0 Å². The van der Waals surface area contributed by atoms with Crippen LogP contribution in [0, 0.1) is 19.8 Å². The number of anilines is 1. The van der Waals surface area contributed by atoms with Crippen LogP contribution in [0.3, 0.4) is 0 Å². The summed E-state index contributed by atoms with van der Waals surface area (Å²) in [5, 5.41) is 3.39. The van der Waals surface area contributed by atoms with Gasteiger partial charge in [-0.05, 0) is 51.5 Å². The van der Waals surface area contributed by atoms with E-state index in [1.165, 1.54) is 0 Å². The fourth-order valence-corrected chi connectivity index (χ4v) is 3.31. The largest absolute Gasteiger partial charge is 0.351 e. The van der Waals surface area contributed by atoms with E-state index in [2.05, 4.69) is 15.3 Å². The fourth-order valence-electron chi connectivity index (χ4n) is 3.31. The Kier molecular flexibility index (Phi) is 4.08. The van der Waals surface area contributed by atoms with E-state index in [4.69, 9.17) is 0 Å². The molecule has 1 saturated carbocycles. The van der Waals surface area contributed by atoms with Crippen molar-refractivity contribution in [3.63, 3.8) is 0 Å². The molecule has 2 fully saturated rings. The minimum Gasteiger partial charge on any atom is -0.351 e. The van der Waals surface area contributed by atoms with Gasteiger partial charge >= 0.3 is 0 Å². The van der Waals surface area contributed by atoms with E-state index in [0.717, 1.165) is 56.5 Å². The molecule has 1 aliphatic carbocycles. The molecular weight excluding hydrogens is 264 g/mol. The molecule has 1 saturated heterocycles. The summed E-state index contributed by atoms with van der Waals surface area (Å²) in [6.07, 6.45) is 7.10. The van der Waals surface area contributed by atoms with Crippen LogP contribution in [-0.2, 0) is 4.79 Å². The highest BCUT2D eigenvalue weighted by atomic mass is 16.2. The number of likely N-dealkylation sites (tertiary alicyclic amines) is 1. The predicted octanol–water partition coefficient (Wildman–Crippen LogP) is 2.30. The van der Waals surface area contributed by atoms with Crippen molar-refractivity contribution < 1.29 is 4.79 Å². The number of aryl methyl sites for hydroxylation is 2. The van der Waals surface area contributed by atoms with Crippen LogP contribution in [0.1, 0.15) is 43.4 Å². The molecule has 2 heterocycles. The van der Waals surface area contributed by atoms with Gasteiger partial charge in [-0.1, -0.05) is 0 Å². The van der Waals surface area contributed by atoms with Gasteiger partial charge in [-0.15, -0.1) is 0 Å². The van der Waals surface area contributed by atoms with Gasteiger partial charge in [-0.2, -0.15) is 0 Å². The number of nitrogens with zero attached hydrogens (tertiary/aromatic N) is 3. The molecule has 5 nitrogen and oxygen atoms in total. The molecule has 1 N–H and O–H groups in total. The minimum absolute atomic E-state index is 0.187. The van der Waals surface area contributed by atoms with Gasteiger partial charge in [0.1, 0.15) is 0 Å². The third-order valence-corrected chi connectivity index (χ3v) is 4.76. The number of carbonyl (C=O) groups excluding carboxylic acids is 1. The highest BCUT2D eigenvalue weighted by Gasteiger charge is 2.33. The van der Waals surface area contributed by atoms with Crippen molar-refractivity contribution in [2.75, 3.05) is 18.4 Å². The second-order valence-corrected chi connectivity index (χ2v) is 6.35. The molecule has 5 heteroatoms. The van der Waals surface area contributed by atoms with Gasteiger partial charge in [-0.3, -0.25) is 4.79 Å². The molecular formula is C16H24N4O. The van der Waals surface area contributed by atoms with Gasteiger partial charge in [0.25, 0.3) is 0 Å². The van der Waals surface area contributed by atoms with E-state index in [-0.39, 0.29) is 5.92 Å². The molecule has 1 aliphatic heterocycles.